The maximum Gasteiger partial charge on any atom is 0.315 e. The first kappa shape index (κ1) is 19.5. The van der Waals surface area contributed by atoms with Gasteiger partial charge in [-0.15, -0.1) is 0 Å². The molecular weight excluding hydrogens is 388 g/mol. The summed E-state index contributed by atoms with van der Waals surface area (Å²) in [5.41, 5.74) is 3.64. The number of fused-ring (bicyclic) bond motifs is 3. The van der Waals surface area contributed by atoms with Crippen LogP contribution in [-0.2, 0) is 14.3 Å². The molecule has 2 atom stereocenters. The average molecular weight is 412 g/mol. The molecular formula is C26H24N2O3. The number of carbonyl (C=O) groups is 2. The molecule has 1 aromatic heterocycles. The molecule has 0 radical (unpaired) electrons. The highest BCUT2D eigenvalue weighted by Gasteiger charge is 2.50. The van der Waals surface area contributed by atoms with Gasteiger partial charge in [0, 0.05) is 41.7 Å². The standard InChI is InChI=1S/C26H24N2O3/c1-26(2)13-19(29)22-20(16-8-6-12-27-14-16)21-17-9-5-4-7-15(17)10-11-18(21)28-24(22)23(26)25(30)31-3/h4-12,14,20,23,28H,13H2,1-3H3/t20-,23+/m1/s1. The number of anilines is 1. The number of nitrogens with one attached hydrogen (secondary N) is 1. The average Bonchev–Trinajstić information content (AvgIpc) is 2.77. The van der Waals surface area contributed by atoms with E-state index in [-0.39, 0.29) is 24.1 Å². The van der Waals surface area contributed by atoms with Crippen LogP contribution in [0, 0.1) is 11.3 Å². The molecule has 5 nitrogen and oxygen atoms in total. The number of rotatable bonds is 2. The van der Waals surface area contributed by atoms with Crippen LogP contribution >= 0.6 is 0 Å². The Balaban J connectivity index is 1.85. The Morgan fingerprint density at radius 3 is 2.68 bits per heavy atom. The van der Waals surface area contributed by atoms with Crippen molar-refractivity contribution in [2.24, 2.45) is 11.3 Å². The second-order valence-electron chi connectivity index (χ2n) is 8.96. The van der Waals surface area contributed by atoms with Gasteiger partial charge in [-0.2, -0.15) is 0 Å². The molecule has 31 heavy (non-hydrogen) atoms. The van der Waals surface area contributed by atoms with Crippen LogP contribution in [0.2, 0.25) is 0 Å². The van der Waals surface area contributed by atoms with Gasteiger partial charge in [0.1, 0.15) is 5.92 Å². The summed E-state index contributed by atoms with van der Waals surface area (Å²) >= 11 is 0. The molecule has 1 aliphatic carbocycles. The summed E-state index contributed by atoms with van der Waals surface area (Å²) in [5, 5.41) is 5.67. The van der Waals surface area contributed by atoms with Crippen molar-refractivity contribution in [1.29, 1.82) is 0 Å². The Morgan fingerprint density at radius 2 is 1.94 bits per heavy atom. The van der Waals surface area contributed by atoms with E-state index in [1.165, 1.54) is 7.11 Å². The third kappa shape index (κ3) is 2.95. The summed E-state index contributed by atoms with van der Waals surface area (Å²) in [7, 11) is 1.40. The number of aromatic nitrogens is 1. The van der Waals surface area contributed by atoms with E-state index in [1.807, 2.05) is 50.4 Å². The molecule has 0 amide bonds. The van der Waals surface area contributed by atoms with Gasteiger partial charge < -0.3 is 10.1 Å². The van der Waals surface area contributed by atoms with Crippen molar-refractivity contribution in [2.75, 3.05) is 12.4 Å². The van der Waals surface area contributed by atoms with Gasteiger partial charge >= 0.3 is 5.97 Å². The first-order chi connectivity index (χ1) is 14.9. The molecule has 0 bridgehead atoms. The molecule has 5 heteroatoms. The number of Topliss-reactive ketones (excluding diaryl/α,β-unsaturated/α-hetero) is 1. The quantitative estimate of drug-likeness (QED) is 0.611. The molecule has 0 fully saturated rings. The second kappa shape index (κ2) is 7.05. The lowest BCUT2D eigenvalue weighted by Gasteiger charge is -2.44. The van der Waals surface area contributed by atoms with Crippen molar-refractivity contribution >= 4 is 28.2 Å². The van der Waals surface area contributed by atoms with Crippen LogP contribution in [0.25, 0.3) is 10.8 Å². The SMILES string of the molecule is COC(=O)[C@@H]1C2=C(C(=O)CC1(C)C)[C@H](c1cccnc1)c1c(ccc3ccccc13)N2. The molecule has 0 spiro atoms. The highest BCUT2D eigenvalue weighted by Crippen LogP contribution is 2.53. The number of benzene rings is 2. The molecule has 5 rings (SSSR count). The highest BCUT2D eigenvalue weighted by molar-refractivity contribution is 6.06. The van der Waals surface area contributed by atoms with Crippen LogP contribution in [0.15, 0.2) is 72.2 Å². The third-order valence-electron chi connectivity index (χ3n) is 6.55. The van der Waals surface area contributed by atoms with E-state index in [9.17, 15) is 9.59 Å². The Kier molecular flexibility index (Phi) is 4.43. The van der Waals surface area contributed by atoms with Crippen molar-refractivity contribution in [1.82, 2.24) is 4.98 Å². The number of ketones is 1. The third-order valence-corrected chi connectivity index (χ3v) is 6.55. The van der Waals surface area contributed by atoms with E-state index in [0.717, 1.165) is 27.6 Å². The molecule has 156 valence electrons. The molecule has 2 aliphatic rings. The van der Waals surface area contributed by atoms with Gasteiger partial charge in [0.2, 0.25) is 0 Å². The summed E-state index contributed by atoms with van der Waals surface area (Å²) in [4.78, 5) is 30.8. The molecule has 0 unspecified atom stereocenters. The summed E-state index contributed by atoms with van der Waals surface area (Å²) in [6.07, 6.45) is 3.82. The lowest BCUT2D eigenvalue weighted by Crippen LogP contribution is -2.44. The number of nitrogens with zero attached hydrogens (tertiary/aromatic N) is 1. The first-order valence-electron chi connectivity index (χ1n) is 10.5. The fourth-order valence-electron chi connectivity index (χ4n) is 5.20. The predicted octanol–water partition coefficient (Wildman–Crippen LogP) is 4.83. The minimum Gasteiger partial charge on any atom is -0.468 e. The summed E-state index contributed by atoms with van der Waals surface area (Å²) in [6, 6.07) is 16.2. The van der Waals surface area contributed by atoms with Crippen molar-refractivity contribution < 1.29 is 14.3 Å². The van der Waals surface area contributed by atoms with Crippen molar-refractivity contribution in [2.45, 2.75) is 26.2 Å². The van der Waals surface area contributed by atoms with E-state index >= 15 is 0 Å². The summed E-state index contributed by atoms with van der Waals surface area (Å²) < 4.78 is 5.17. The van der Waals surface area contributed by atoms with Crippen LogP contribution in [0.5, 0.6) is 0 Å². The zero-order valence-electron chi connectivity index (χ0n) is 17.8. The maximum absolute atomic E-state index is 13.6. The number of allylic oxidation sites excluding steroid dienone is 1. The molecule has 3 aromatic rings. The van der Waals surface area contributed by atoms with E-state index in [1.54, 1.807) is 6.20 Å². The zero-order chi connectivity index (χ0) is 21.8. The number of hydrogen-bond acceptors (Lipinski definition) is 5. The summed E-state index contributed by atoms with van der Waals surface area (Å²) in [6.45, 7) is 3.90. The van der Waals surface area contributed by atoms with E-state index < -0.39 is 11.3 Å². The van der Waals surface area contributed by atoms with Gasteiger partial charge in [-0.3, -0.25) is 14.6 Å². The second-order valence-corrected chi connectivity index (χ2v) is 8.96. The van der Waals surface area contributed by atoms with Crippen LogP contribution in [0.3, 0.4) is 0 Å². The topological polar surface area (TPSA) is 68.3 Å². The number of methoxy groups -OCH3 is 1. The van der Waals surface area contributed by atoms with Gasteiger partial charge in [-0.05, 0) is 39.4 Å². The monoisotopic (exact) mass is 412 g/mol. The van der Waals surface area contributed by atoms with Gasteiger partial charge in [-0.25, -0.2) is 0 Å². The van der Waals surface area contributed by atoms with Gasteiger partial charge in [0.25, 0.3) is 0 Å². The fourth-order valence-corrected chi connectivity index (χ4v) is 5.20. The van der Waals surface area contributed by atoms with Gasteiger partial charge in [0.05, 0.1) is 7.11 Å². The van der Waals surface area contributed by atoms with Crippen molar-refractivity contribution in [3.8, 4) is 0 Å². The van der Waals surface area contributed by atoms with Crippen molar-refractivity contribution in [3.63, 3.8) is 0 Å². The van der Waals surface area contributed by atoms with Crippen LogP contribution in [0.1, 0.15) is 37.3 Å². The molecule has 1 N–H and O–H groups in total. The van der Waals surface area contributed by atoms with E-state index in [2.05, 4.69) is 28.5 Å². The number of carbonyl (C=O) groups excluding carboxylic acids is 2. The molecule has 1 aliphatic heterocycles. The van der Waals surface area contributed by atoms with Gasteiger partial charge in [0.15, 0.2) is 5.78 Å². The number of esters is 1. The zero-order valence-corrected chi connectivity index (χ0v) is 17.8. The number of pyridine rings is 1. The minimum absolute atomic E-state index is 0.0556. The largest absolute Gasteiger partial charge is 0.468 e. The van der Waals surface area contributed by atoms with E-state index in [4.69, 9.17) is 4.74 Å². The minimum atomic E-state index is -0.552. The highest BCUT2D eigenvalue weighted by atomic mass is 16.5. The number of hydrogen-bond donors (Lipinski definition) is 1. The van der Waals surface area contributed by atoms with Crippen molar-refractivity contribution in [3.05, 3.63) is 83.3 Å². The number of ether oxygens (including phenoxy) is 1. The molecule has 2 aromatic carbocycles. The van der Waals surface area contributed by atoms with Crippen LogP contribution < -0.4 is 5.32 Å². The lowest BCUT2D eigenvalue weighted by atomic mass is 9.63. The smallest absolute Gasteiger partial charge is 0.315 e. The Morgan fingerprint density at radius 1 is 1.13 bits per heavy atom. The molecule has 0 saturated carbocycles. The lowest BCUT2D eigenvalue weighted by molar-refractivity contribution is -0.148. The Labute approximate surface area is 181 Å². The first-order valence-corrected chi connectivity index (χ1v) is 10.5. The Hall–Kier alpha value is -3.47. The maximum atomic E-state index is 13.6. The Bertz CT molecular complexity index is 1240. The molecule has 0 saturated heterocycles. The molecule has 2 heterocycles. The normalized spacial score (nSPS) is 21.8. The summed E-state index contributed by atoms with van der Waals surface area (Å²) in [5.74, 6) is -1.13. The van der Waals surface area contributed by atoms with Gasteiger partial charge in [-0.1, -0.05) is 50.2 Å². The fraction of sp³-hybridized carbons (Fsp3) is 0.269. The van der Waals surface area contributed by atoms with Crippen LogP contribution in [-0.4, -0.2) is 23.8 Å². The van der Waals surface area contributed by atoms with Crippen LogP contribution in [0.4, 0.5) is 5.69 Å². The van der Waals surface area contributed by atoms with E-state index in [0.29, 0.717) is 11.3 Å². The predicted molar refractivity (Wildman–Crippen MR) is 120 cm³/mol.